The summed E-state index contributed by atoms with van der Waals surface area (Å²) in [5, 5.41) is 0. The van der Waals surface area contributed by atoms with Crippen LogP contribution in [-0.2, 0) is 24.1 Å². The molecule has 1 aliphatic rings. The van der Waals surface area contributed by atoms with Gasteiger partial charge in [0.2, 0.25) is 0 Å². The third-order valence-corrected chi connectivity index (χ3v) is 2.50. The lowest BCUT2D eigenvalue weighted by atomic mass is 10.1. The molecule has 1 aliphatic carbocycles. The molecule has 0 aromatic carbocycles. The van der Waals surface area contributed by atoms with Crippen LogP contribution in [0.2, 0.25) is 0 Å². The summed E-state index contributed by atoms with van der Waals surface area (Å²) in [6.45, 7) is -0.0806. The van der Waals surface area contributed by atoms with Gasteiger partial charge in [0.15, 0.2) is 0 Å². The molecule has 7 heteroatoms. The number of allylic oxidation sites excluding steroid dienone is 1. The quantitative estimate of drug-likeness (QED) is 0.314. The highest BCUT2D eigenvalue weighted by Gasteiger charge is 2.08. The molecule has 94 valence electrons. The molecule has 0 aromatic heterocycles. The van der Waals surface area contributed by atoms with Gasteiger partial charge in [-0.1, -0.05) is 12.2 Å². The summed E-state index contributed by atoms with van der Waals surface area (Å²) in [5.41, 5.74) is 0. The van der Waals surface area contributed by atoms with Crippen LogP contribution in [0.4, 0.5) is 0 Å². The molecule has 1 rings (SSSR count). The largest absolute Gasteiger partial charge is 0.397 e. The molecule has 1 unspecified atom stereocenters. The predicted octanol–water partition coefficient (Wildman–Crippen LogP) is 0.905. The van der Waals surface area contributed by atoms with Crippen LogP contribution in [0.5, 0.6) is 0 Å². The maximum absolute atomic E-state index is 10.1. The van der Waals surface area contributed by atoms with Crippen molar-refractivity contribution in [2.45, 2.75) is 25.4 Å². The van der Waals surface area contributed by atoms with E-state index in [9.17, 15) is 8.42 Å². The second kappa shape index (κ2) is 6.97. The van der Waals surface area contributed by atoms with Gasteiger partial charge >= 0.3 is 10.4 Å². The highest BCUT2D eigenvalue weighted by Crippen LogP contribution is 2.13. The molecule has 0 aromatic rings. The van der Waals surface area contributed by atoms with Crippen molar-refractivity contribution in [3.8, 4) is 0 Å². The molecular formula is C9H16O6S. The van der Waals surface area contributed by atoms with E-state index in [0.29, 0.717) is 0 Å². The molecule has 0 aliphatic heterocycles. The second-order valence-corrected chi connectivity index (χ2v) is 4.43. The molecule has 0 fully saturated rings. The number of rotatable bonds is 7. The predicted molar refractivity (Wildman–Crippen MR) is 56.2 cm³/mol. The lowest BCUT2D eigenvalue weighted by Gasteiger charge is -2.16. The molecule has 1 atom stereocenters. The van der Waals surface area contributed by atoms with Crippen LogP contribution in [0.15, 0.2) is 12.2 Å². The van der Waals surface area contributed by atoms with E-state index in [1.165, 1.54) is 0 Å². The van der Waals surface area contributed by atoms with Crippen LogP contribution in [0.3, 0.4) is 0 Å². The highest BCUT2D eigenvalue weighted by molar-refractivity contribution is 7.80. The van der Waals surface area contributed by atoms with Gasteiger partial charge in [-0.25, -0.2) is 4.18 Å². The standard InChI is InChI=1S/C9H16O6S/c10-16(11,12)15-7-6-13-8-14-9-4-2-1-3-5-9/h2,4,9H,1,3,5-8H2,(H,10,11,12). The first-order valence-corrected chi connectivity index (χ1v) is 6.42. The number of hydrogen-bond acceptors (Lipinski definition) is 5. The first-order chi connectivity index (χ1) is 7.58. The Bertz CT molecular complexity index is 310. The van der Waals surface area contributed by atoms with E-state index in [-0.39, 0.29) is 26.1 Å². The normalized spacial score (nSPS) is 21.2. The van der Waals surface area contributed by atoms with Crippen molar-refractivity contribution in [3.05, 3.63) is 12.2 Å². The minimum absolute atomic E-state index is 0.0518. The van der Waals surface area contributed by atoms with Crippen LogP contribution in [0.25, 0.3) is 0 Å². The average molecular weight is 252 g/mol. The third-order valence-electron chi connectivity index (χ3n) is 2.04. The van der Waals surface area contributed by atoms with Gasteiger partial charge in [-0.3, -0.25) is 4.55 Å². The van der Waals surface area contributed by atoms with Crippen LogP contribution in [0.1, 0.15) is 19.3 Å². The second-order valence-electron chi connectivity index (χ2n) is 3.34. The maximum Gasteiger partial charge on any atom is 0.397 e. The minimum atomic E-state index is -4.36. The molecule has 0 saturated carbocycles. The summed E-state index contributed by atoms with van der Waals surface area (Å²) in [6, 6.07) is 0. The zero-order valence-electron chi connectivity index (χ0n) is 8.87. The average Bonchev–Trinajstić information content (AvgIpc) is 2.23. The topological polar surface area (TPSA) is 82.1 Å². The van der Waals surface area contributed by atoms with Crippen molar-refractivity contribution in [2.75, 3.05) is 20.0 Å². The van der Waals surface area contributed by atoms with E-state index in [1.807, 2.05) is 6.08 Å². The Kier molecular flexibility index (Phi) is 5.93. The smallest absolute Gasteiger partial charge is 0.353 e. The first-order valence-electron chi connectivity index (χ1n) is 5.06. The third kappa shape index (κ3) is 6.91. The van der Waals surface area contributed by atoms with E-state index in [1.54, 1.807) is 0 Å². The van der Waals surface area contributed by atoms with Crippen molar-refractivity contribution in [2.24, 2.45) is 0 Å². The van der Waals surface area contributed by atoms with Gasteiger partial charge < -0.3 is 9.47 Å². The molecule has 0 spiro atoms. The Hall–Kier alpha value is -0.470. The van der Waals surface area contributed by atoms with Gasteiger partial charge in [0.05, 0.1) is 19.3 Å². The van der Waals surface area contributed by atoms with Crippen LogP contribution in [-0.4, -0.2) is 39.1 Å². The fourth-order valence-corrected chi connectivity index (χ4v) is 1.59. The van der Waals surface area contributed by atoms with Crippen LogP contribution >= 0.6 is 0 Å². The molecule has 16 heavy (non-hydrogen) atoms. The zero-order valence-corrected chi connectivity index (χ0v) is 9.69. The first kappa shape index (κ1) is 13.6. The summed E-state index contributed by atoms with van der Waals surface area (Å²) in [6.07, 6.45) is 7.30. The zero-order chi connectivity index (χ0) is 11.9. The summed E-state index contributed by atoms with van der Waals surface area (Å²) in [4.78, 5) is 0. The molecule has 0 heterocycles. The van der Waals surface area contributed by atoms with Gasteiger partial charge in [-0.2, -0.15) is 8.42 Å². The Balaban J connectivity index is 1.95. The summed E-state index contributed by atoms with van der Waals surface area (Å²) < 4.78 is 42.9. The summed E-state index contributed by atoms with van der Waals surface area (Å²) in [7, 11) is -4.36. The fourth-order valence-electron chi connectivity index (χ4n) is 1.31. The lowest BCUT2D eigenvalue weighted by Crippen LogP contribution is -2.16. The number of ether oxygens (including phenoxy) is 2. The van der Waals surface area contributed by atoms with Crippen molar-refractivity contribution in [3.63, 3.8) is 0 Å². The van der Waals surface area contributed by atoms with Gasteiger partial charge in [0.25, 0.3) is 0 Å². The van der Waals surface area contributed by atoms with E-state index >= 15 is 0 Å². The summed E-state index contributed by atoms with van der Waals surface area (Å²) in [5.74, 6) is 0. The van der Waals surface area contributed by atoms with E-state index in [0.717, 1.165) is 19.3 Å². The SMILES string of the molecule is O=S(=O)(O)OCCOCOC1C=CCCC1. The van der Waals surface area contributed by atoms with Gasteiger partial charge in [0.1, 0.15) is 6.79 Å². The Morgan fingerprint density at radius 2 is 2.19 bits per heavy atom. The Morgan fingerprint density at radius 3 is 2.81 bits per heavy atom. The van der Waals surface area contributed by atoms with E-state index in [4.69, 9.17) is 14.0 Å². The Labute approximate surface area is 95.1 Å². The maximum atomic E-state index is 10.1. The molecule has 0 bridgehead atoms. The fraction of sp³-hybridized carbons (Fsp3) is 0.778. The van der Waals surface area contributed by atoms with Crippen molar-refractivity contribution in [1.82, 2.24) is 0 Å². The molecule has 1 N–H and O–H groups in total. The minimum Gasteiger partial charge on any atom is -0.353 e. The highest BCUT2D eigenvalue weighted by atomic mass is 32.3. The van der Waals surface area contributed by atoms with Gasteiger partial charge in [0, 0.05) is 0 Å². The molecule has 0 radical (unpaired) electrons. The van der Waals surface area contributed by atoms with Crippen molar-refractivity contribution >= 4 is 10.4 Å². The van der Waals surface area contributed by atoms with Crippen molar-refractivity contribution in [1.29, 1.82) is 0 Å². The van der Waals surface area contributed by atoms with E-state index < -0.39 is 10.4 Å². The number of hydrogen-bond donors (Lipinski definition) is 1. The molecule has 6 nitrogen and oxygen atoms in total. The monoisotopic (exact) mass is 252 g/mol. The summed E-state index contributed by atoms with van der Waals surface area (Å²) >= 11 is 0. The van der Waals surface area contributed by atoms with Crippen molar-refractivity contribution < 1.29 is 26.6 Å². The van der Waals surface area contributed by atoms with Crippen LogP contribution in [0, 0.1) is 0 Å². The van der Waals surface area contributed by atoms with Crippen LogP contribution < -0.4 is 0 Å². The van der Waals surface area contributed by atoms with Gasteiger partial charge in [-0.15, -0.1) is 0 Å². The molecular weight excluding hydrogens is 236 g/mol. The Morgan fingerprint density at radius 1 is 1.38 bits per heavy atom. The van der Waals surface area contributed by atoms with E-state index in [2.05, 4.69) is 10.3 Å². The lowest BCUT2D eigenvalue weighted by molar-refractivity contribution is -0.0835. The molecule has 0 saturated heterocycles. The molecule has 0 amide bonds. The van der Waals surface area contributed by atoms with Gasteiger partial charge in [-0.05, 0) is 19.3 Å².